The predicted octanol–water partition coefficient (Wildman–Crippen LogP) is 3.57. The van der Waals surface area contributed by atoms with E-state index in [0.717, 1.165) is 0 Å². The van der Waals surface area contributed by atoms with E-state index in [0.29, 0.717) is 23.2 Å². The van der Waals surface area contributed by atoms with E-state index in [-0.39, 0.29) is 17.1 Å². The van der Waals surface area contributed by atoms with Gasteiger partial charge in [-0.2, -0.15) is 5.26 Å². The molecule has 0 aliphatic heterocycles. The van der Waals surface area contributed by atoms with Crippen LogP contribution in [0, 0.1) is 17.1 Å². The number of allylic oxidation sites excluding steroid dienone is 1. The summed E-state index contributed by atoms with van der Waals surface area (Å²) in [7, 11) is 1.39. The Balaban J connectivity index is 2.38. The summed E-state index contributed by atoms with van der Waals surface area (Å²) in [6.45, 7) is 3.11. The highest BCUT2D eigenvalue weighted by Gasteiger charge is 2.15. The van der Waals surface area contributed by atoms with E-state index in [2.05, 4.69) is 11.9 Å². The van der Waals surface area contributed by atoms with Crippen molar-refractivity contribution in [2.24, 2.45) is 0 Å². The Kier molecular flexibility index (Phi) is 7.71. The molecule has 2 rings (SSSR count). The second-order valence-electron chi connectivity index (χ2n) is 6.02. The summed E-state index contributed by atoms with van der Waals surface area (Å²) < 4.78 is 23.6. The molecule has 1 amide bonds. The molecule has 7 nitrogen and oxygen atoms in total. The predicted molar refractivity (Wildman–Crippen MR) is 109 cm³/mol. The number of methoxy groups -OCH3 is 1. The van der Waals surface area contributed by atoms with E-state index in [1.54, 1.807) is 12.1 Å². The number of halogens is 1. The fourth-order valence-electron chi connectivity index (χ4n) is 2.57. The summed E-state index contributed by atoms with van der Waals surface area (Å²) in [6, 6.07) is 10.1. The minimum absolute atomic E-state index is 0.190. The lowest BCUT2D eigenvalue weighted by Gasteiger charge is -2.15. The zero-order valence-corrected chi connectivity index (χ0v) is 16.1. The molecule has 30 heavy (non-hydrogen) atoms. The van der Waals surface area contributed by atoms with Crippen molar-refractivity contribution in [3.05, 3.63) is 71.6 Å². The quantitative estimate of drug-likeness (QED) is 0.372. The van der Waals surface area contributed by atoms with E-state index >= 15 is 0 Å². The van der Waals surface area contributed by atoms with Gasteiger partial charge >= 0.3 is 5.97 Å². The van der Waals surface area contributed by atoms with E-state index in [9.17, 15) is 19.2 Å². The molecule has 8 heteroatoms. The number of nitrogens with one attached hydrogen (secondary N) is 1. The van der Waals surface area contributed by atoms with Crippen molar-refractivity contribution in [3.8, 4) is 17.6 Å². The summed E-state index contributed by atoms with van der Waals surface area (Å²) >= 11 is 0. The third kappa shape index (κ3) is 5.94. The van der Waals surface area contributed by atoms with Crippen LogP contribution in [0.1, 0.15) is 11.1 Å². The molecule has 0 atom stereocenters. The minimum Gasteiger partial charge on any atom is -0.493 e. The molecule has 0 radical (unpaired) electrons. The van der Waals surface area contributed by atoms with Gasteiger partial charge in [-0.3, -0.25) is 4.79 Å². The maximum Gasteiger partial charge on any atom is 0.341 e. The smallest absolute Gasteiger partial charge is 0.341 e. The monoisotopic (exact) mass is 410 g/mol. The summed E-state index contributed by atoms with van der Waals surface area (Å²) in [5.74, 6) is -1.77. The number of hydrogen-bond acceptors (Lipinski definition) is 5. The number of amides is 1. The number of ether oxygens (including phenoxy) is 2. The molecule has 0 unspecified atom stereocenters. The van der Waals surface area contributed by atoms with E-state index in [4.69, 9.17) is 14.6 Å². The summed E-state index contributed by atoms with van der Waals surface area (Å²) in [6.07, 6.45) is 3.30. The van der Waals surface area contributed by atoms with Crippen LogP contribution in [0.2, 0.25) is 0 Å². The Labute approximate surface area is 172 Å². The molecule has 0 bridgehead atoms. The van der Waals surface area contributed by atoms with Gasteiger partial charge in [0.1, 0.15) is 17.5 Å². The van der Waals surface area contributed by atoms with Crippen molar-refractivity contribution < 1.29 is 28.6 Å². The largest absolute Gasteiger partial charge is 0.493 e. The second-order valence-corrected chi connectivity index (χ2v) is 6.02. The van der Waals surface area contributed by atoms with Crippen LogP contribution in [0.4, 0.5) is 10.1 Å². The van der Waals surface area contributed by atoms with Crippen LogP contribution in [-0.4, -0.2) is 30.7 Å². The summed E-state index contributed by atoms with van der Waals surface area (Å²) in [5.41, 5.74) is 1.19. The summed E-state index contributed by atoms with van der Waals surface area (Å²) in [4.78, 5) is 23.2. The number of nitrogens with zero attached hydrogens (tertiary/aromatic N) is 1. The highest BCUT2D eigenvalue weighted by Crippen LogP contribution is 2.34. The lowest BCUT2D eigenvalue weighted by atomic mass is 10.0. The van der Waals surface area contributed by atoms with Gasteiger partial charge in [-0.05, 0) is 54.5 Å². The number of carbonyl (C=O) groups is 2. The van der Waals surface area contributed by atoms with Crippen LogP contribution < -0.4 is 14.8 Å². The van der Waals surface area contributed by atoms with E-state index in [1.165, 1.54) is 43.5 Å². The standard InChI is InChI=1S/C22H19FN2O5/c1-3-4-15-9-14(11-19(29-2)21(15)30-13-20(26)27)10-16(12-24)22(28)25-18-7-5-17(23)6-8-18/h3,5-11H,1,4,13H2,2H3,(H,25,28)(H,26,27)/b16-10-. The van der Waals surface area contributed by atoms with Crippen LogP contribution in [-0.2, 0) is 16.0 Å². The molecule has 2 aromatic carbocycles. The van der Waals surface area contributed by atoms with Crippen molar-refractivity contribution in [1.82, 2.24) is 0 Å². The fourth-order valence-corrected chi connectivity index (χ4v) is 2.57. The van der Waals surface area contributed by atoms with Gasteiger partial charge in [-0.15, -0.1) is 6.58 Å². The lowest BCUT2D eigenvalue weighted by molar-refractivity contribution is -0.139. The number of carboxylic acid groups (broad SMARTS) is 1. The summed E-state index contributed by atoms with van der Waals surface area (Å²) in [5, 5.41) is 20.8. The molecule has 0 fully saturated rings. The van der Waals surface area contributed by atoms with Gasteiger partial charge in [0, 0.05) is 11.3 Å². The Morgan fingerprint density at radius 2 is 2.00 bits per heavy atom. The maximum absolute atomic E-state index is 13.0. The number of rotatable bonds is 9. The van der Waals surface area contributed by atoms with E-state index in [1.807, 2.05) is 6.07 Å². The first kappa shape index (κ1) is 22.2. The van der Waals surface area contributed by atoms with Crippen molar-refractivity contribution in [2.75, 3.05) is 19.0 Å². The lowest BCUT2D eigenvalue weighted by Crippen LogP contribution is -2.13. The molecule has 0 aliphatic rings. The van der Waals surface area contributed by atoms with Crippen molar-refractivity contribution in [2.45, 2.75) is 6.42 Å². The number of hydrogen-bond donors (Lipinski definition) is 2. The molecule has 0 aromatic heterocycles. The Morgan fingerprint density at radius 1 is 1.30 bits per heavy atom. The molecule has 0 saturated heterocycles. The van der Waals surface area contributed by atoms with Crippen LogP contribution in [0.3, 0.4) is 0 Å². The van der Waals surface area contributed by atoms with E-state index < -0.39 is 24.3 Å². The van der Waals surface area contributed by atoms with Gasteiger partial charge in [-0.1, -0.05) is 6.08 Å². The average molecular weight is 410 g/mol. The van der Waals surface area contributed by atoms with Gasteiger partial charge in [0.05, 0.1) is 7.11 Å². The maximum atomic E-state index is 13.0. The first-order chi connectivity index (χ1) is 14.4. The zero-order chi connectivity index (χ0) is 22.1. The van der Waals surface area contributed by atoms with Gasteiger partial charge in [0.25, 0.3) is 5.91 Å². The SMILES string of the molecule is C=CCc1cc(/C=C(/C#N)C(=O)Nc2ccc(F)cc2)cc(OC)c1OCC(=O)O. The zero-order valence-electron chi connectivity index (χ0n) is 16.1. The first-order valence-electron chi connectivity index (χ1n) is 8.73. The fraction of sp³-hybridized carbons (Fsp3) is 0.136. The molecule has 0 heterocycles. The Bertz CT molecular complexity index is 1020. The van der Waals surface area contributed by atoms with Crippen LogP contribution in [0.5, 0.6) is 11.5 Å². The van der Waals surface area contributed by atoms with Gasteiger partial charge in [0.15, 0.2) is 18.1 Å². The second kappa shape index (κ2) is 10.4. The molecule has 0 saturated carbocycles. The highest BCUT2D eigenvalue weighted by atomic mass is 19.1. The number of carbonyl (C=O) groups excluding carboxylic acids is 1. The van der Waals surface area contributed by atoms with Crippen molar-refractivity contribution in [3.63, 3.8) is 0 Å². The molecule has 0 spiro atoms. The van der Waals surface area contributed by atoms with Gasteiger partial charge in [-0.25, -0.2) is 9.18 Å². The van der Waals surface area contributed by atoms with Crippen molar-refractivity contribution in [1.29, 1.82) is 5.26 Å². The van der Waals surface area contributed by atoms with Crippen LogP contribution in [0.15, 0.2) is 54.6 Å². The number of carboxylic acids is 1. The highest BCUT2D eigenvalue weighted by molar-refractivity contribution is 6.09. The number of anilines is 1. The van der Waals surface area contributed by atoms with Gasteiger partial charge in [0.2, 0.25) is 0 Å². The average Bonchev–Trinajstić information content (AvgIpc) is 2.72. The topological polar surface area (TPSA) is 109 Å². The first-order valence-corrected chi connectivity index (χ1v) is 8.73. The molecule has 154 valence electrons. The third-order valence-corrected chi connectivity index (χ3v) is 3.86. The molecular formula is C22H19FN2O5. The Hall–Kier alpha value is -4.12. The minimum atomic E-state index is -1.14. The normalized spacial score (nSPS) is 10.6. The Morgan fingerprint density at radius 3 is 2.57 bits per heavy atom. The van der Waals surface area contributed by atoms with Gasteiger partial charge < -0.3 is 19.9 Å². The molecular weight excluding hydrogens is 391 g/mol. The van der Waals surface area contributed by atoms with Crippen LogP contribution in [0.25, 0.3) is 6.08 Å². The number of benzene rings is 2. The van der Waals surface area contributed by atoms with Crippen molar-refractivity contribution >= 4 is 23.6 Å². The molecule has 2 N–H and O–H groups in total. The number of nitriles is 1. The third-order valence-electron chi connectivity index (χ3n) is 3.86. The molecule has 0 aliphatic carbocycles. The van der Waals surface area contributed by atoms with Crippen LogP contribution >= 0.6 is 0 Å². The number of aliphatic carboxylic acids is 1. The molecule has 2 aromatic rings.